The standard InChI is InChI=1S/C15H24N2O4/c18-13(19)9-15(6-2-1-3-7-15)17-14(20)16-11-8-10-4-5-12(11)21-10/h10-12H,1-9H2,(H,18,19)(H2,16,17,20). The molecule has 2 aliphatic heterocycles. The van der Waals surface area contributed by atoms with Gasteiger partial charge in [-0.2, -0.15) is 0 Å². The van der Waals surface area contributed by atoms with Crippen molar-refractivity contribution in [1.29, 1.82) is 0 Å². The number of nitrogens with one attached hydrogen (secondary N) is 2. The minimum atomic E-state index is -0.847. The van der Waals surface area contributed by atoms with Crippen LogP contribution < -0.4 is 10.6 Å². The molecule has 21 heavy (non-hydrogen) atoms. The molecule has 0 aromatic rings. The van der Waals surface area contributed by atoms with Crippen molar-refractivity contribution in [3.63, 3.8) is 0 Å². The maximum absolute atomic E-state index is 12.3. The molecule has 0 aromatic carbocycles. The van der Waals surface area contributed by atoms with Crippen LogP contribution in [0.1, 0.15) is 57.8 Å². The average Bonchev–Trinajstić information content (AvgIpc) is 3.00. The Labute approximate surface area is 124 Å². The van der Waals surface area contributed by atoms with Crippen LogP contribution in [-0.4, -0.2) is 40.9 Å². The van der Waals surface area contributed by atoms with Crippen LogP contribution in [0.4, 0.5) is 4.79 Å². The highest BCUT2D eigenvalue weighted by atomic mass is 16.5. The molecule has 2 saturated heterocycles. The first-order chi connectivity index (χ1) is 10.1. The number of rotatable bonds is 4. The summed E-state index contributed by atoms with van der Waals surface area (Å²) in [5.41, 5.74) is -0.577. The van der Waals surface area contributed by atoms with Crippen molar-refractivity contribution in [2.24, 2.45) is 0 Å². The van der Waals surface area contributed by atoms with E-state index in [-0.39, 0.29) is 24.6 Å². The molecule has 2 amide bonds. The van der Waals surface area contributed by atoms with E-state index >= 15 is 0 Å². The molecule has 3 aliphatic rings. The lowest BCUT2D eigenvalue weighted by molar-refractivity contribution is -0.139. The van der Waals surface area contributed by atoms with Crippen LogP contribution in [0.3, 0.4) is 0 Å². The third kappa shape index (κ3) is 3.31. The minimum absolute atomic E-state index is 0.00758. The monoisotopic (exact) mass is 296 g/mol. The predicted molar refractivity (Wildman–Crippen MR) is 76.0 cm³/mol. The Balaban J connectivity index is 1.57. The van der Waals surface area contributed by atoms with Crippen molar-refractivity contribution in [1.82, 2.24) is 10.6 Å². The Bertz CT molecular complexity index is 420. The third-order valence-electron chi connectivity index (χ3n) is 5.10. The molecule has 3 atom stereocenters. The Hall–Kier alpha value is -1.30. The van der Waals surface area contributed by atoms with Gasteiger partial charge in [0.25, 0.3) is 0 Å². The van der Waals surface area contributed by atoms with Crippen molar-refractivity contribution in [2.75, 3.05) is 0 Å². The van der Waals surface area contributed by atoms with E-state index in [1.165, 1.54) is 0 Å². The first-order valence-electron chi connectivity index (χ1n) is 8.02. The van der Waals surface area contributed by atoms with Gasteiger partial charge in [0.05, 0.1) is 30.2 Å². The molecule has 118 valence electrons. The summed E-state index contributed by atoms with van der Waals surface area (Å²) in [5, 5.41) is 15.1. The van der Waals surface area contributed by atoms with E-state index in [1.54, 1.807) is 0 Å². The average molecular weight is 296 g/mol. The quantitative estimate of drug-likeness (QED) is 0.738. The van der Waals surface area contributed by atoms with E-state index in [4.69, 9.17) is 9.84 Å². The van der Waals surface area contributed by atoms with Gasteiger partial charge in [-0.1, -0.05) is 19.3 Å². The molecule has 2 heterocycles. The van der Waals surface area contributed by atoms with Crippen molar-refractivity contribution in [2.45, 2.75) is 81.6 Å². The molecular formula is C15H24N2O4. The Kier molecular flexibility index (Phi) is 4.06. The predicted octanol–water partition coefficient (Wildman–Crippen LogP) is 1.78. The molecule has 2 bridgehead atoms. The molecule has 6 heteroatoms. The summed E-state index contributed by atoms with van der Waals surface area (Å²) in [5.74, 6) is -0.847. The number of amides is 2. The zero-order chi connectivity index (χ0) is 14.9. The van der Waals surface area contributed by atoms with Gasteiger partial charge in [-0.25, -0.2) is 4.79 Å². The summed E-state index contributed by atoms with van der Waals surface area (Å²) in [6.07, 6.45) is 7.99. The van der Waals surface area contributed by atoms with Crippen LogP contribution in [-0.2, 0) is 9.53 Å². The maximum atomic E-state index is 12.3. The van der Waals surface area contributed by atoms with Gasteiger partial charge in [-0.15, -0.1) is 0 Å². The first-order valence-corrected chi connectivity index (χ1v) is 8.02. The summed E-state index contributed by atoms with van der Waals surface area (Å²) in [4.78, 5) is 23.4. The Morgan fingerprint density at radius 3 is 2.52 bits per heavy atom. The fourth-order valence-electron chi connectivity index (χ4n) is 4.10. The largest absolute Gasteiger partial charge is 0.481 e. The highest BCUT2D eigenvalue weighted by Gasteiger charge is 2.42. The molecule has 3 rings (SSSR count). The van der Waals surface area contributed by atoms with E-state index in [1.807, 2.05) is 0 Å². The molecule has 1 saturated carbocycles. The van der Waals surface area contributed by atoms with Crippen molar-refractivity contribution >= 4 is 12.0 Å². The molecule has 6 nitrogen and oxygen atoms in total. The van der Waals surface area contributed by atoms with E-state index in [0.29, 0.717) is 6.10 Å². The highest BCUT2D eigenvalue weighted by molar-refractivity contribution is 5.77. The molecule has 0 radical (unpaired) electrons. The normalized spacial score (nSPS) is 33.6. The summed E-state index contributed by atoms with van der Waals surface area (Å²) in [6, 6.07) is -0.159. The van der Waals surface area contributed by atoms with Crippen molar-refractivity contribution < 1.29 is 19.4 Å². The lowest BCUT2D eigenvalue weighted by Crippen LogP contribution is -2.56. The van der Waals surface area contributed by atoms with Gasteiger partial charge in [0.15, 0.2) is 0 Å². The van der Waals surface area contributed by atoms with Crippen LogP contribution in [0.2, 0.25) is 0 Å². The topological polar surface area (TPSA) is 87.7 Å². The molecule has 0 spiro atoms. The molecule has 0 aromatic heterocycles. The van der Waals surface area contributed by atoms with Crippen molar-refractivity contribution in [3.8, 4) is 0 Å². The van der Waals surface area contributed by atoms with Crippen LogP contribution in [0.25, 0.3) is 0 Å². The maximum Gasteiger partial charge on any atom is 0.315 e. The number of hydrogen-bond donors (Lipinski definition) is 3. The number of ether oxygens (including phenoxy) is 1. The number of carbonyl (C=O) groups excluding carboxylic acids is 1. The third-order valence-corrected chi connectivity index (χ3v) is 5.10. The van der Waals surface area contributed by atoms with Crippen molar-refractivity contribution in [3.05, 3.63) is 0 Å². The van der Waals surface area contributed by atoms with E-state index in [9.17, 15) is 9.59 Å². The summed E-state index contributed by atoms with van der Waals surface area (Å²) >= 11 is 0. The lowest BCUT2D eigenvalue weighted by atomic mass is 9.79. The zero-order valence-corrected chi connectivity index (χ0v) is 12.3. The second-order valence-electron chi connectivity index (χ2n) is 6.73. The number of fused-ring (bicyclic) bond motifs is 2. The number of carboxylic acids is 1. The van der Waals surface area contributed by atoms with Gasteiger partial charge in [-0.3, -0.25) is 4.79 Å². The number of hydrogen-bond acceptors (Lipinski definition) is 3. The lowest BCUT2D eigenvalue weighted by Gasteiger charge is -2.37. The second kappa shape index (κ2) is 5.83. The van der Waals surface area contributed by atoms with E-state index in [2.05, 4.69) is 10.6 Å². The smallest absolute Gasteiger partial charge is 0.315 e. The molecule has 3 fully saturated rings. The van der Waals surface area contributed by atoms with Gasteiger partial charge < -0.3 is 20.5 Å². The van der Waals surface area contributed by atoms with Gasteiger partial charge in [0.1, 0.15) is 0 Å². The Morgan fingerprint density at radius 2 is 1.95 bits per heavy atom. The zero-order valence-electron chi connectivity index (χ0n) is 12.3. The molecule has 3 N–H and O–H groups in total. The summed E-state index contributed by atoms with van der Waals surface area (Å²) in [7, 11) is 0. The molecular weight excluding hydrogens is 272 g/mol. The van der Waals surface area contributed by atoms with Gasteiger partial charge in [0.2, 0.25) is 0 Å². The number of carboxylic acid groups (broad SMARTS) is 1. The molecule has 1 aliphatic carbocycles. The molecule has 3 unspecified atom stereocenters. The van der Waals surface area contributed by atoms with Crippen LogP contribution >= 0.6 is 0 Å². The number of urea groups is 1. The fourth-order valence-corrected chi connectivity index (χ4v) is 4.10. The van der Waals surface area contributed by atoms with Crippen LogP contribution in [0, 0.1) is 0 Å². The SMILES string of the molecule is O=C(O)CC1(NC(=O)NC2CC3CCC2O3)CCCCC1. The van der Waals surface area contributed by atoms with Crippen LogP contribution in [0.15, 0.2) is 0 Å². The van der Waals surface area contributed by atoms with Gasteiger partial charge in [0, 0.05) is 0 Å². The van der Waals surface area contributed by atoms with Gasteiger partial charge in [-0.05, 0) is 32.1 Å². The van der Waals surface area contributed by atoms with Crippen LogP contribution in [0.5, 0.6) is 0 Å². The second-order valence-corrected chi connectivity index (χ2v) is 6.73. The number of carbonyl (C=O) groups is 2. The fraction of sp³-hybridized carbons (Fsp3) is 0.867. The summed E-state index contributed by atoms with van der Waals surface area (Å²) < 4.78 is 5.73. The summed E-state index contributed by atoms with van der Waals surface area (Å²) in [6.45, 7) is 0. The minimum Gasteiger partial charge on any atom is -0.481 e. The van der Waals surface area contributed by atoms with E-state index < -0.39 is 11.5 Å². The van der Waals surface area contributed by atoms with E-state index in [0.717, 1.165) is 51.4 Å². The first kappa shape index (κ1) is 14.6. The Morgan fingerprint density at radius 1 is 1.19 bits per heavy atom. The number of aliphatic carboxylic acids is 1. The van der Waals surface area contributed by atoms with Gasteiger partial charge >= 0.3 is 12.0 Å². The highest BCUT2D eigenvalue weighted by Crippen LogP contribution is 2.35.